The van der Waals surface area contributed by atoms with Crippen molar-refractivity contribution >= 4 is 16.9 Å². The number of fused-ring (bicyclic) bond motifs is 6. The molecule has 0 spiro atoms. The Hall–Kier alpha value is -2.41. The van der Waals surface area contributed by atoms with Gasteiger partial charge < -0.3 is 5.11 Å². The fraction of sp³-hybridized carbons (Fsp3) is 0.700. The second-order valence-corrected chi connectivity index (χ2v) is 12.4. The van der Waals surface area contributed by atoms with Gasteiger partial charge in [0, 0.05) is 24.2 Å². The van der Waals surface area contributed by atoms with Gasteiger partial charge in [0.25, 0.3) is 5.56 Å². The number of carbonyl (C=O) groups is 1. The largest absolute Gasteiger partial charge is 0.480 e. The number of carboxylic acid groups (broad SMARTS) is 1. The first kappa shape index (κ1) is 24.9. The first-order valence-electron chi connectivity index (χ1n) is 14.7. The molecule has 4 aliphatic rings. The van der Waals surface area contributed by atoms with Gasteiger partial charge in [-0.2, -0.15) is 0 Å². The second kappa shape index (κ2) is 10.0. The molecule has 4 fully saturated rings. The number of hydrogen-bond acceptors (Lipinski definition) is 4. The fourth-order valence-corrected chi connectivity index (χ4v) is 8.76. The summed E-state index contributed by atoms with van der Waals surface area (Å²) >= 11 is 0. The minimum Gasteiger partial charge on any atom is -0.480 e. The molecule has 6 rings (SSSR count). The summed E-state index contributed by atoms with van der Waals surface area (Å²) in [5, 5.41) is 9.93. The van der Waals surface area contributed by atoms with Crippen molar-refractivity contribution < 1.29 is 9.90 Å². The maximum Gasteiger partial charge on any atom is 0.332 e. The van der Waals surface area contributed by atoms with Crippen molar-refractivity contribution in [2.45, 2.75) is 115 Å². The molecule has 4 unspecified atom stereocenters. The topological polar surface area (TPSA) is 84.5 Å². The highest BCUT2D eigenvalue weighted by Crippen LogP contribution is 2.47. The summed E-state index contributed by atoms with van der Waals surface area (Å²) in [5.41, 5.74) is -0.338. The number of para-hydroxylation sites is 1. The average Bonchev–Trinajstić information content (AvgIpc) is 3.18. The number of aromatic nitrogens is 2. The molecule has 1 aromatic carbocycles. The maximum absolute atomic E-state index is 13.6. The molecular weight excluding hydrogens is 466 g/mol. The van der Waals surface area contributed by atoms with E-state index in [9.17, 15) is 19.5 Å². The van der Waals surface area contributed by atoms with Crippen LogP contribution in [0.4, 0.5) is 0 Å². The first-order chi connectivity index (χ1) is 17.9. The minimum atomic E-state index is -1.08. The Labute approximate surface area is 218 Å². The van der Waals surface area contributed by atoms with Gasteiger partial charge in [-0.25, -0.2) is 4.79 Å². The van der Waals surface area contributed by atoms with Crippen molar-refractivity contribution in [1.29, 1.82) is 0 Å². The van der Waals surface area contributed by atoms with Crippen LogP contribution in [0.1, 0.15) is 90.0 Å². The van der Waals surface area contributed by atoms with Crippen molar-refractivity contribution in [2.24, 2.45) is 17.8 Å². The molecule has 4 bridgehead atoms. The maximum atomic E-state index is 13.6. The van der Waals surface area contributed by atoms with Crippen LogP contribution in [0.25, 0.3) is 10.9 Å². The summed E-state index contributed by atoms with van der Waals surface area (Å²) in [6, 6.07) is 8.17. The van der Waals surface area contributed by atoms with Crippen LogP contribution in [0, 0.1) is 17.8 Å². The van der Waals surface area contributed by atoms with Gasteiger partial charge in [-0.1, -0.05) is 44.7 Å². The van der Waals surface area contributed by atoms with Crippen molar-refractivity contribution in [3.63, 3.8) is 0 Å². The quantitative estimate of drug-likeness (QED) is 0.628. The van der Waals surface area contributed by atoms with E-state index in [0.717, 1.165) is 43.4 Å². The lowest BCUT2D eigenvalue weighted by Crippen LogP contribution is -2.58. The van der Waals surface area contributed by atoms with E-state index in [1.54, 1.807) is 24.3 Å². The normalized spacial score (nSPS) is 34.2. The highest BCUT2D eigenvalue weighted by molar-refractivity contribution is 5.79. The Morgan fingerprint density at radius 1 is 0.865 bits per heavy atom. The van der Waals surface area contributed by atoms with E-state index in [2.05, 4.69) is 11.8 Å². The zero-order valence-electron chi connectivity index (χ0n) is 22.1. The molecule has 37 heavy (non-hydrogen) atoms. The number of carboxylic acids is 1. The molecule has 7 heteroatoms. The van der Waals surface area contributed by atoms with Gasteiger partial charge in [-0.05, 0) is 81.3 Å². The third kappa shape index (κ3) is 4.58. The summed E-state index contributed by atoms with van der Waals surface area (Å²) in [4.78, 5) is 41.7. The molecule has 2 aliphatic carbocycles. The fourth-order valence-electron chi connectivity index (χ4n) is 8.76. The smallest absolute Gasteiger partial charge is 0.332 e. The molecule has 7 nitrogen and oxygen atoms in total. The van der Waals surface area contributed by atoms with Crippen LogP contribution in [0.5, 0.6) is 0 Å². The Balaban J connectivity index is 1.32. The van der Waals surface area contributed by atoms with Crippen LogP contribution in [0.2, 0.25) is 0 Å². The predicted molar refractivity (Wildman–Crippen MR) is 144 cm³/mol. The molecule has 1 aromatic heterocycles. The molecule has 2 aromatic rings. The highest BCUT2D eigenvalue weighted by atomic mass is 16.4. The number of benzene rings is 1. The van der Waals surface area contributed by atoms with Crippen LogP contribution >= 0.6 is 0 Å². The summed E-state index contributed by atoms with van der Waals surface area (Å²) in [7, 11) is 0. The first-order valence-corrected chi connectivity index (χ1v) is 14.7. The third-order valence-corrected chi connectivity index (χ3v) is 10.3. The highest BCUT2D eigenvalue weighted by Gasteiger charge is 2.45. The summed E-state index contributed by atoms with van der Waals surface area (Å²) in [6.07, 6.45) is 14.6. The second-order valence-electron chi connectivity index (χ2n) is 12.4. The van der Waals surface area contributed by atoms with Crippen LogP contribution < -0.4 is 11.2 Å². The Morgan fingerprint density at radius 2 is 1.51 bits per heavy atom. The average molecular weight is 508 g/mol. The standard InChI is InChI=1S/C30H41N3O4/c1-2-19-12-20-10-11-21(13-19)15-24(14-20)32-22-6-5-7-23(32)17-25(16-22)33-29(36)26-8-3-4-9-27(26)31(30(33)37)18-28(34)35/h3-4,8-9,19-25H,2,5-7,10-18H2,1H3,(H,34,35). The Bertz CT molecular complexity index is 1250. The lowest BCUT2D eigenvalue weighted by atomic mass is 9.76. The predicted octanol–water partition coefficient (Wildman–Crippen LogP) is 4.80. The van der Waals surface area contributed by atoms with Crippen molar-refractivity contribution in [3.05, 3.63) is 45.1 Å². The van der Waals surface area contributed by atoms with Crippen molar-refractivity contribution in [2.75, 3.05) is 0 Å². The van der Waals surface area contributed by atoms with Crippen LogP contribution in [0.15, 0.2) is 33.9 Å². The Kier molecular flexibility index (Phi) is 6.76. The van der Waals surface area contributed by atoms with E-state index in [4.69, 9.17) is 0 Å². The Morgan fingerprint density at radius 3 is 2.14 bits per heavy atom. The van der Waals surface area contributed by atoms with Gasteiger partial charge in [0.15, 0.2) is 0 Å². The van der Waals surface area contributed by atoms with E-state index in [1.165, 1.54) is 60.5 Å². The monoisotopic (exact) mass is 507 g/mol. The van der Waals surface area contributed by atoms with E-state index < -0.39 is 18.2 Å². The molecule has 0 amide bonds. The van der Waals surface area contributed by atoms with Gasteiger partial charge >= 0.3 is 11.7 Å². The van der Waals surface area contributed by atoms with Gasteiger partial charge in [-0.15, -0.1) is 0 Å². The number of rotatable bonds is 5. The van der Waals surface area contributed by atoms with Gasteiger partial charge in [0.1, 0.15) is 6.54 Å². The molecular formula is C30H41N3O4. The lowest BCUT2D eigenvalue weighted by Gasteiger charge is -2.53. The molecule has 3 heterocycles. The summed E-state index contributed by atoms with van der Waals surface area (Å²) in [5.74, 6) is 1.50. The molecule has 200 valence electrons. The number of piperidine rings is 2. The number of hydrogen-bond donors (Lipinski definition) is 1. The van der Waals surface area contributed by atoms with Crippen LogP contribution in [-0.4, -0.2) is 43.2 Å². The SMILES string of the molecule is CCC1CC2CCC(C1)CC(N1C3CCCC1CC(n1c(=O)c4ccccc4n(CC(=O)O)c1=O)C3)C2. The molecule has 4 atom stereocenters. The minimum absolute atomic E-state index is 0.175. The van der Waals surface area contributed by atoms with Gasteiger partial charge in [-0.3, -0.25) is 23.6 Å². The van der Waals surface area contributed by atoms with E-state index in [-0.39, 0.29) is 11.6 Å². The van der Waals surface area contributed by atoms with Crippen molar-refractivity contribution in [3.8, 4) is 0 Å². The summed E-state index contributed by atoms with van der Waals surface area (Å²) < 4.78 is 2.69. The molecule has 0 radical (unpaired) electrons. The summed E-state index contributed by atoms with van der Waals surface area (Å²) in [6.45, 7) is 1.92. The zero-order chi connectivity index (χ0) is 25.7. The van der Waals surface area contributed by atoms with Crippen molar-refractivity contribution in [1.82, 2.24) is 14.0 Å². The van der Waals surface area contributed by atoms with Crippen LogP contribution in [-0.2, 0) is 11.3 Å². The van der Waals surface area contributed by atoms with E-state index in [1.807, 2.05) is 0 Å². The zero-order valence-corrected chi connectivity index (χ0v) is 22.1. The number of nitrogens with zero attached hydrogens (tertiary/aromatic N) is 3. The van der Waals surface area contributed by atoms with E-state index >= 15 is 0 Å². The molecule has 2 saturated carbocycles. The third-order valence-electron chi connectivity index (χ3n) is 10.3. The van der Waals surface area contributed by atoms with Crippen LogP contribution in [0.3, 0.4) is 0 Å². The molecule has 2 aliphatic heterocycles. The molecule has 1 N–H and O–H groups in total. The molecule has 2 saturated heterocycles. The van der Waals surface area contributed by atoms with Gasteiger partial charge in [0.2, 0.25) is 0 Å². The lowest BCUT2D eigenvalue weighted by molar-refractivity contribution is -0.137. The number of aliphatic carboxylic acids is 1. The van der Waals surface area contributed by atoms with Gasteiger partial charge in [0.05, 0.1) is 10.9 Å². The van der Waals surface area contributed by atoms with E-state index in [0.29, 0.717) is 29.0 Å².